The molecule has 1 aromatic heterocycles. The molecule has 1 aromatic rings. The van der Waals surface area contributed by atoms with Crippen molar-refractivity contribution in [1.29, 1.82) is 0 Å². The maximum Gasteiger partial charge on any atom is 0.0925 e. The van der Waals surface area contributed by atoms with Crippen molar-refractivity contribution in [3.05, 3.63) is 16.1 Å². The van der Waals surface area contributed by atoms with Gasteiger partial charge in [-0.1, -0.05) is 26.2 Å². The summed E-state index contributed by atoms with van der Waals surface area (Å²) < 4.78 is 0.497. The Morgan fingerprint density at radius 2 is 2.17 bits per heavy atom. The zero-order valence-electron chi connectivity index (χ0n) is 11.5. The summed E-state index contributed by atoms with van der Waals surface area (Å²) >= 11 is 3.91. The maximum atomic E-state index is 4.41. The lowest BCUT2D eigenvalue weighted by Gasteiger charge is -2.36. The van der Waals surface area contributed by atoms with Crippen LogP contribution >= 0.6 is 23.1 Å². The van der Waals surface area contributed by atoms with E-state index in [1.54, 1.807) is 0 Å². The molecule has 2 rings (SSSR count). The second-order valence-corrected chi connectivity index (χ2v) is 7.60. The molecule has 1 saturated carbocycles. The van der Waals surface area contributed by atoms with Crippen molar-refractivity contribution >= 4 is 23.1 Å². The highest BCUT2D eigenvalue weighted by atomic mass is 32.2. The van der Waals surface area contributed by atoms with Crippen LogP contribution < -0.4 is 5.32 Å². The van der Waals surface area contributed by atoms with Crippen LogP contribution in [0.2, 0.25) is 0 Å². The quantitative estimate of drug-likeness (QED) is 0.858. The summed E-state index contributed by atoms with van der Waals surface area (Å²) in [5, 5.41) is 4.90. The molecule has 1 aliphatic rings. The third-order valence-electron chi connectivity index (χ3n) is 3.85. The van der Waals surface area contributed by atoms with Crippen molar-refractivity contribution in [3.63, 3.8) is 0 Å². The first-order chi connectivity index (χ1) is 8.78. The van der Waals surface area contributed by atoms with E-state index >= 15 is 0 Å². The van der Waals surface area contributed by atoms with Gasteiger partial charge in [0.05, 0.1) is 5.01 Å². The molecule has 0 atom stereocenters. The van der Waals surface area contributed by atoms with Gasteiger partial charge in [-0.25, -0.2) is 4.98 Å². The van der Waals surface area contributed by atoms with Crippen LogP contribution in [-0.4, -0.2) is 22.5 Å². The van der Waals surface area contributed by atoms with Gasteiger partial charge in [-0.15, -0.1) is 11.3 Å². The number of thiazole rings is 1. The Kier molecular flexibility index (Phi) is 5.52. The molecule has 0 unspecified atom stereocenters. The van der Waals surface area contributed by atoms with Crippen LogP contribution in [0.4, 0.5) is 0 Å². The van der Waals surface area contributed by atoms with Gasteiger partial charge in [-0.05, 0) is 25.5 Å². The molecule has 18 heavy (non-hydrogen) atoms. The normalized spacial score (nSPS) is 19.0. The lowest BCUT2D eigenvalue weighted by Crippen LogP contribution is -2.38. The van der Waals surface area contributed by atoms with Gasteiger partial charge in [0.1, 0.15) is 0 Å². The molecule has 102 valence electrons. The summed E-state index contributed by atoms with van der Waals surface area (Å²) in [5.41, 5.74) is 0. The topological polar surface area (TPSA) is 24.9 Å². The summed E-state index contributed by atoms with van der Waals surface area (Å²) in [6.07, 6.45) is 12.4. The SMILES string of the molecule is CCc1ncc(CNCC2(SC)CCCCC2)s1. The minimum atomic E-state index is 0.497. The molecule has 0 bridgehead atoms. The molecule has 0 aliphatic heterocycles. The van der Waals surface area contributed by atoms with E-state index in [-0.39, 0.29) is 0 Å². The average Bonchev–Trinajstić information content (AvgIpc) is 2.88. The van der Waals surface area contributed by atoms with Crippen molar-refractivity contribution in [3.8, 4) is 0 Å². The number of nitrogens with zero attached hydrogens (tertiary/aromatic N) is 1. The van der Waals surface area contributed by atoms with E-state index in [0.717, 1.165) is 19.5 Å². The summed E-state index contributed by atoms with van der Waals surface area (Å²) in [6.45, 7) is 4.30. The van der Waals surface area contributed by atoms with Crippen molar-refractivity contribution in [2.75, 3.05) is 12.8 Å². The van der Waals surface area contributed by atoms with Gasteiger partial charge >= 0.3 is 0 Å². The number of rotatable bonds is 6. The Balaban J connectivity index is 1.79. The van der Waals surface area contributed by atoms with E-state index in [1.807, 2.05) is 17.5 Å². The average molecular weight is 284 g/mol. The van der Waals surface area contributed by atoms with Crippen molar-refractivity contribution in [2.24, 2.45) is 0 Å². The second-order valence-electron chi connectivity index (χ2n) is 5.13. The molecular weight excluding hydrogens is 260 g/mol. The number of aryl methyl sites for hydroxylation is 1. The van der Waals surface area contributed by atoms with Gasteiger partial charge in [0.2, 0.25) is 0 Å². The molecule has 0 spiro atoms. The van der Waals surface area contributed by atoms with E-state index in [9.17, 15) is 0 Å². The lowest BCUT2D eigenvalue weighted by molar-refractivity contribution is 0.380. The highest BCUT2D eigenvalue weighted by Gasteiger charge is 2.30. The largest absolute Gasteiger partial charge is 0.310 e. The summed E-state index contributed by atoms with van der Waals surface area (Å²) in [5.74, 6) is 0. The van der Waals surface area contributed by atoms with E-state index in [0.29, 0.717) is 4.75 Å². The van der Waals surface area contributed by atoms with E-state index in [1.165, 1.54) is 42.0 Å². The van der Waals surface area contributed by atoms with Crippen LogP contribution in [0.1, 0.15) is 48.9 Å². The molecule has 1 aliphatic carbocycles. The number of aromatic nitrogens is 1. The predicted octanol–water partition coefficient (Wildman–Crippen LogP) is 3.86. The first kappa shape index (κ1) is 14.4. The molecular formula is C14H24N2S2. The molecule has 4 heteroatoms. The van der Waals surface area contributed by atoms with Gasteiger partial charge < -0.3 is 5.32 Å². The minimum absolute atomic E-state index is 0.497. The monoisotopic (exact) mass is 284 g/mol. The van der Waals surface area contributed by atoms with Crippen LogP contribution in [0.15, 0.2) is 6.20 Å². The smallest absolute Gasteiger partial charge is 0.0925 e. The lowest BCUT2D eigenvalue weighted by atomic mass is 9.88. The van der Waals surface area contributed by atoms with Gasteiger partial charge in [0, 0.05) is 28.9 Å². The van der Waals surface area contributed by atoms with Crippen LogP contribution in [0.25, 0.3) is 0 Å². The molecule has 0 amide bonds. The van der Waals surface area contributed by atoms with Crippen molar-refractivity contribution in [1.82, 2.24) is 10.3 Å². The van der Waals surface area contributed by atoms with Gasteiger partial charge in [0.25, 0.3) is 0 Å². The second kappa shape index (κ2) is 6.92. The maximum absolute atomic E-state index is 4.41. The van der Waals surface area contributed by atoms with Gasteiger partial charge in [-0.2, -0.15) is 11.8 Å². The molecule has 1 fully saturated rings. The standard InChI is InChI=1S/C14H24N2S2/c1-3-13-16-10-12(18-13)9-15-11-14(17-2)7-5-4-6-8-14/h10,15H,3-9,11H2,1-2H3. The molecule has 0 aromatic carbocycles. The van der Waals surface area contributed by atoms with Crippen LogP contribution in [-0.2, 0) is 13.0 Å². The summed E-state index contributed by atoms with van der Waals surface area (Å²) in [7, 11) is 0. The van der Waals surface area contributed by atoms with Crippen LogP contribution in [0.5, 0.6) is 0 Å². The van der Waals surface area contributed by atoms with Crippen LogP contribution in [0.3, 0.4) is 0 Å². The Hall–Kier alpha value is -0.0600. The first-order valence-corrected chi connectivity index (χ1v) is 9.01. The Labute approximate surface area is 119 Å². The van der Waals surface area contributed by atoms with E-state index in [4.69, 9.17) is 0 Å². The fourth-order valence-corrected chi connectivity index (χ4v) is 4.43. The van der Waals surface area contributed by atoms with Gasteiger partial charge in [0.15, 0.2) is 0 Å². The van der Waals surface area contributed by atoms with Crippen LogP contribution in [0, 0.1) is 0 Å². The molecule has 2 nitrogen and oxygen atoms in total. The van der Waals surface area contributed by atoms with Crippen molar-refractivity contribution < 1.29 is 0 Å². The van der Waals surface area contributed by atoms with Crippen molar-refractivity contribution in [2.45, 2.75) is 56.7 Å². The number of hydrogen-bond acceptors (Lipinski definition) is 4. The zero-order chi connectivity index (χ0) is 12.8. The third-order valence-corrected chi connectivity index (χ3v) is 6.41. The molecule has 0 radical (unpaired) electrons. The number of hydrogen-bond donors (Lipinski definition) is 1. The Bertz CT molecular complexity index is 356. The highest BCUT2D eigenvalue weighted by molar-refractivity contribution is 8.00. The van der Waals surface area contributed by atoms with Gasteiger partial charge in [-0.3, -0.25) is 0 Å². The van der Waals surface area contributed by atoms with E-state index < -0.39 is 0 Å². The molecule has 0 saturated heterocycles. The molecule has 1 N–H and O–H groups in total. The Morgan fingerprint density at radius 3 is 2.78 bits per heavy atom. The fraction of sp³-hybridized carbons (Fsp3) is 0.786. The predicted molar refractivity (Wildman–Crippen MR) is 82.5 cm³/mol. The van der Waals surface area contributed by atoms with E-state index in [2.05, 4.69) is 35.2 Å². The Morgan fingerprint density at radius 1 is 1.39 bits per heavy atom. The minimum Gasteiger partial charge on any atom is -0.310 e. The highest BCUT2D eigenvalue weighted by Crippen LogP contribution is 2.38. The first-order valence-electron chi connectivity index (χ1n) is 6.97. The zero-order valence-corrected chi connectivity index (χ0v) is 13.1. The molecule has 1 heterocycles. The number of nitrogens with one attached hydrogen (secondary N) is 1. The third kappa shape index (κ3) is 3.72. The number of thioether (sulfide) groups is 1. The summed E-state index contributed by atoms with van der Waals surface area (Å²) in [4.78, 5) is 5.78. The fourth-order valence-electron chi connectivity index (χ4n) is 2.66. The summed E-state index contributed by atoms with van der Waals surface area (Å²) in [6, 6.07) is 0.